The maximum Gasteiger partial charge on any atom is 0.320 e. The molecular formula is C7H20N2O2Si. The van der Waals surface area contributed by atoms with Crippen molar-refractivity contribution in [2.24, 2.45) is 5.84 Å². The zero-order valence-corrected chi connectivity index (χ0v) is 9.32. The summed E-state index contributed by atoms with van der Waals surface area (Å²) in [4.78, 5) is 0. The molecule has 0 aromatic carbocycles. The van der Waals surface area contributed by atoms with Crippen molar-refractivity contribution < 1.29 is 8.85 Å². The standard InChI is InChI=1S/C7H20N2O2Si/c1-4-7(9-8)5-6-12(10-2)11-3/h7,9,12H,4-6,8H2,1-3H3. The molecule has 0 saturated heterocycles. The summed E-state index contributed by atoms with van der Waals surface area (Å²) in [6.45, 7) is 2.11. The minimum absolute atomic E-state index is 0.394. The van der Waals surface area contributed by atoms with Gasteiger partial charge in [-0.3, -0.25) is 11.3 Å². The molecule has 0 aliphatic heterocycles. The summed E-state index contributed by atoms with van der Waals surface area (Å²) >= 11 is 0. The SMILES string of the molecule is CCC(CC[SiH](OC)OC)NN. The van der Waals surface area contributed by atoms with E-state index in [2.05, 4.69) is 12.3 Å². The lowest BCUT2D eigenvalue weighted by molar-refractivity contribution is 0.274. The van der Waals surface area contributed by atoms with Gasteiger partial charge in [-0.2, -0.15) is 0 Å². The number of nitrogens with two attached hydrogens (primary N) is 1. The Morgan fingerprint density at radius 2 is 2.00 bits per heavy atom. The van der Waals surface area contributed by atoms with Gasteiger partial charge in [-0.05, 0) is 18.9 Å². The van der Waals surface area contributed by atoms with E-state index in [-0.39, 0.29) is 0 Å². The van der Waals surface area contributed by atoms with Crippen LogP contribution in [-0.2, 0) is 8.85 Å². The normalized spacial score (nSPS) is 13.8. The molecule has 4 nitrogen and oxygen atoms in total. The molecule has 0 saturated carbocycles. The van der Waals surface area contributed by atoms with Gasteiger partial charge in [0.25, 0.3) is 0 Å². The molecule has 0 aromatic heterocycles. The van der Waals surface area contributed by atoms with Crippen LogP contribution in [0.5, 0.6) is 0 Å². The molecule has 0 radical (unpaired) electrons. The Morgan fingerprint density at radius 3 is 2.33 bits per heavy atom. The minimum Gasteiger partial charge on any atom is -0.400 e. The molecule has 12 heavy (non-hydrogen) atoms. The second-order valence-electron chi connectivity index (χ2n) is 2.75. The number of hydrazine groups is 1. The summed E-state index contributed by atoms with van der Waals surface area (Å²) in [6, 6.07) is 1.40. The van der Waals surface area contributed by atoms with Crippen molar-refractivity contribution in [3.8, 4) is 0 Å². The van der Waals surface area contributed by atoms with Crippen LogP contribution in [-0.4, -0.2) is 29.5 Å². The first kappa shape index (κ1) is 12.1. The molecule has 1 atom stereocenters. The lowest BCUT2D eigenvalue weighted by Crippen LogP contribution is -2.35. The highest BCUT2D eigenvalue weighted by Crippen LogP contribution is 2.05. The van der Waals surface area contributed by atoms with E-state index in [4.69, 9.17) is 14.7 Å². The van der Waals surface area contributed by atoms with Gasteiger partial charge in [-0.15, -0.1) is 0 Å². The Bertz CT molecular complexity index is 85.4. The quantitative estimate of drug-likeness (QED) is 0.342. The van der Waals surface area contributed by atoms with Crippen molar-refractivity contribution in [2.75, 3.05) is 14.2 Å². The molecule has 0 bridgehead atoms. The Balaban J connectivity index is 3.49. The molecule has 0 heterocycles. The predicted octanol–water partition coefficient (Wildman–Crippen LogP) is 0.132. The molecule has 0 amide bonds. The third-order valence-electron chi connectivity index (χ3n) is 2.01. The Morgan fingerprint density at radius 1 is 1.42 bits per heavy atom. The average molecular weight is 192 g/mol. The van der Waals surface area contributed by atoms with Crippen LogP contribution in [0.1, 0.15) is 19.8 Å². The van der Waals surface area contributed by atoms with Crippen LogP contribution in [0.15, 0.2) is 0 Å². The summed E-state index contributed by atoms with van der Waals surface area (Å²) in [6.07, 6.45) is 2.08. The third kappa shape index (κ3) is 4.84. The van der Waals surface area contributed by atoms with E-state index >= 15 is 0 Å². The van der Waals surface area contributed by atoms with Gasteiger partial charge in [0.15, 0.2) is 0 Å². The van der Waals surface area contributed by atoms with Crippen LogP contribution in [0, 0.1) is 0 Å². The second-order valence-corrected chi connectivity index (χ2v) is 5.13. The first-order valence-electron chi connectivity index (χ1n) is 4.30. The molecule has 1 unspecified atom stereocenters. The second kappa shape index (κ2) is 7.69. The largest absolute Gasteiger partial charge is 0.400 e. The van der Waals surface area contributed by atoms with Crippen LogP contribution >= 0.6 is 0 Å². The average Bonchev–Trinajstić information content (AvgIpc) is 2.13. The zero-order chi connectivity index (χ0) is 9.40. The summed E-state index contributed by atoms with van der Waals surface area (Å²) in [5.74, 6) is 5.34. The topological polar surface area (TPSA) is 56.5 Å². The van der Waals surface area contributed by atoms with Crippen molar-refractivity contribution in [1.82, 2.24) is 5.43 Å². The zero-order valence-electron chi connectivity index (χ0n) is 8.17. The monoisotopic (exact) mass is 192 g/mol. The van der Waals surface area contributed by atoms with Crippen LogP contribution in [0.25, 0.3) is 0 Å². The van der Waals surface area contributed by atoms with Gasteiger partial charge in [-0.25, -0.2) is 0 Å². The van der Waals surface area contributed by atoms with Gasteiger partial charge in [0.2, 0.25) is 0 Å². The molecular weight excluding hydrogens is 172 g/mol. The van der Waals surface area contributed by atoms with Gasteiger partial charge < -0.3 is 8.85 Å². The summed E-state index contributed by atoms with van der Waals surface area (Å²) in [5, 5.41) is 0. The van der Waals surface area contributed by atoms with E-state index in [1.165, 1.54) is 0 Å². The van der Waals surface area contributed by atoms with Crippen molar-refractivity contribution in [3.05, 3.63) is 0 Å². The maximum atomic E-state index is 5.34. The molecule has 74 valence electrons. The smallest absolute Gasteiger partial charge is 0.320 e. The lowest BCUT2D eigenvalue weighted by atomic mass is 10.2. The van der Waals surface area contributed by atoms with Crippen molar-refractivity contribution in [3.63, 3.8) is 0 Å². The molecule has 0 fully saturated rings. The van der Waals surface area contributed by atoms with Crippen molar-refractivity contribution in [1.29, 1.82) is 0 Å². The number of hydrogen-bond donors (Lipinski definition) is 2. The molecule has 5 heteroatoms. The van der Waals surface area contributed by atoms with Crippen LogP contribution in [0.4, 0.5) is 0 Å². The molecule has 0 spiro atoms. The van der Waals surface area contributed by atoms with Gasteiger partial charge in [0, 0.05) is 20.3 Å². The third-order valence-corrected chi connectivity index (χ3v) is 3.86. The fraction of sp³-hybridized carbons (Fsp3) is 1.00. The Hall–Kier alpha value is 0.0569. The fourth-order valence-corrected chi connectivity index (χ4v) is 2.41. The molecule has 3 N–H and O–H groups in total. The van der Waals surface area contributed by atoms with E-state index in [0.717, 1.165) is 18.9 Å². The summed E-state index contributed by atoms with van der Waals surface area (Å²) in [5.41, 5.74) is 2.77. The lowest BCUT2D eigenvalue weighted by Gasteiger charge is -2.16. The number of rotatable bonds is 7. The van der Waals surface area contributed by atoms with Gasteiger partial charge in [0.1, 0.15) is 0 Å². The van der Waals surface area contributed by atoms with E-state index in [0.29, 0.717) is 6.04 Å². The summed E-state index contributed by atoms with van der Waals surface area (Å²) in [7, 11) is 2.04. The van der Waals surface area contributed by atoms with Gasteiger partial charge in [0.05, 0.1) is 0 Å². The van der Waals surface area contributed by atoms with E-state index in [9.17, 15) is 0 Å². The number of nitrogens with one attached hydrogen (secondary N) is 1. The Labute approximate surface area is 76.2 Å². The van der Waals surface area contributed by atoms with E-state index in [1.54, 1.807) is 14.2 Å². The van der Waals surface area contributed by atoms with Crippen molar-refractivity contribution >= 4 is 9.28 Å². The number of hydrogen-bond acceptors (Lipinski definition) is 4. The van der Waals surface area contributed by atoms with Crippen molar-refractivity contribution in [2.45, 2.75) is 31.9 Å². The molecule has 0 aliphatic rings. The highest BCUT2D eigenvalue weighted by molar-refractivity contribution is 6.44. The fourth-order valence-electron chi connectivity index (χ4n) is 1.07. The summed E-state index contributed by atoms with van der Waals surface area (Å²) < 4.78 is 10.4. The highest BCUT2D eigenvalue weighted by atomic mass is 28.3. The molecule has 0 aromatic rings. The highest BCUT2D eigenvalue weighted by Gasteiger charge is 2.12. The van der Waals surface area contributed by atoms with Crippen LogP contribution < -0.4 is 11.3 Å². The minimum atomic E-state index is -1.37. The first-order valence-corrected chi connectivity index (χ1v) is 6.06. The van der Waals surface area contributed by atoms with Crippen LogP contribution in [0.2, 0.25) is 6.04 Å². The Kier molecular flexibility index (Phi) is 7.73. The van der Waals surface area contributed by atoms with Gasteiger partial charge >= 0.3 is 9.28 Å². The van der Waals surface area contributed by atoms with E-state index in [1.807, 2.05) is 0 Å². The van der Waals surface area contributed by atoms with Gasteiger partial charge in [-0.1, -0.05) is 6.92 Å². The van der Waals surface area contributed by atoms with E-state index < -0.39 is 9.28 Å². The molecule has 0 aliphatic carbocycles. The molecule has 0 rings (SSSR count). The van der Waals surface area contributed by atoms with Crippen LogP contribution in [0.3, 0.4) is 0 Å². The first-order chi connectivity index (χ1) is 5.78. The maximum absolute atomic E-state index is 5.34. The predicted molar refractivity (Wildman–Crippen MR) is 52.0 cm³/mol.